The molecule has 0 saturated carbocycles. The number of hydrogen-bond acceptors (Lipinski definition) is 6. The molecule has 0 aliphatic carbocycles. The molecule has 0 radical (unpaired) electrons. The fraction of sp³-hybridized carbons (Fsp3) is 0.474. The zero-order valence-corrected chi connectivity index (χ0v) is 16.0. The Morgan fingerprint density at radius 1 is 1.38 bits per heavy atom. The van der Waals surface area contributed by atoms with Crippen molar-refractivity contribution < 1.29 is 14.3 Å². The van der Waals surface area contributed by atoms with Crippen molar-refractivity contribution >= 4 is 17.2 Å². The molecular weight excluding hydrogens is 350 g/mol. The predicted octanol–water partition coefficient (Wildman–Crippen LogP) is 2.93. The normalized spacial score (nSPS) is 16.3. The average Bonchev–Trinajstić information content (AvgIpc) is 3.19. The second-order valence-electron chi connectivity index (χ2n) is 6.62. The lowest BCUT2D eigenvalue weighted by atomic mass is 9.90. The Kier molecular flexibility index (Phi) is 6.11. The third-order valence-corrected chi connectivity index (χ3v) is 5.48. The molecule has 1 unspecified atom stereocenters. The van der Waals surface area contributed by atoms with E-state index in [0.717, 1.165) is 31.6 Å². The molecule has 26 heavy (non-hydrogen) atoms. The number of carbonyl (C=O) groups excluding carboxylic acids is 1. The van der Waals surface area contributed by atoms with Gasteiger partial charge in [0.15, 0.2) is 11.5 Å². The van der Waals surface area contributed by atoms with E-state index in [-0.39, 0.29) is 11.9 Å². The summed E-state index contributed by atoms with van der Waals surface area (Å²) in [6.45, 7) is 3.90. The molecule has 0 spiro atoms. The number of carbonyl (C=O) groups is 1. The largest absolute Gasteiger partial charge is 0.493 e. The van der Waals surface area contributed by atoms with Crippen LogP contribution in [0.5, 0.6) is 11.5 Å². The summed E-state index contributed by atoms with van der Waals surface area (Å²) >= 11 is 1.53. The molecule has 0 bridgehead atoms. The first kappa shape index (κ1) is 18.7. The summed E-state index contributed by atoms with van der Waals surface area (Å²) in [5.41, 5.74) is 9.23. The van der Waals surface area contributed by atoms with Crippen LogP contribution in [0.1, 0.15) is 35.8 Å². The fourth-order valence-electron chi connectivity index (χ4n) is 3.19. The summed E-state index contributed by atoms with van der Waals surface area (Å²) in [7, 11) is 1.58. The lowest BCUT2D eigenvalue weighted by Crippen LogP contribution is -2.42. The smallest absolute Gasteiger partial charge is 0.253 e. The first-order valence-electron chi connectivity index (χ1n) is 8.81. The standard InChI is InChI=1S/C19H25N3O3S/c1-13(20)14-5-7-22(8-6-14)19(23)15-3-4-17(18(9-15)24-2)25-10-16-11-26-12-21-16/h3-4,9,11-14H,5-8,10,20H2,1-2H3. The first-order valence-corrected chi connectivity index (χ1v) is 9.75. The van der Waals surface area contributed by atoms with Gasteiger partial charge in [-0.25, -0.2) is 4.98 Å². The molecule has 6 nitrogen and oxygen atoms in total. The van der Waals surface area contributed by atoms with Crippen LogP contribution in [0.15, 0.2) is 29.1 Å². The molecule has 7 heteroatoms. The SMILES string of the molecule is COc1cc(C(=O)N2CCC(C(C)N)CC2)ccc1OCc1cscn1. The summed E-state index contributed by atoms with van der Waals surface area (Å²) < 4.78 is 11.2. The van der Waals surface area contributed by atoms with E-state index in [4.69, 9.17) is 15.2 Å². The van der Waals surface area contributed by atoms with Gasteiger partial charge < -0.3 is 20.1 Å². The van der Waals surface area contributed by atoms with E-state index in [1.54, 1.807) is 30.8 Å². The predicted molar refractivity (Wildman–Crippen MR) is 102 cm³/mol. The van der Waals surface area contributed by atoms with Crippen molar-refractivity contribution in [2.45, 2.75) is 32.4 Å². The average molecular weight is 375 g/mol. The van der Waals surface area contributed by atoms with Gasteiger partial charge in [0.2, 0.25) is 0 Å². The Balaban J connectivity index is 1.65. The van der Waals surface area contributed by atoms with Crippen molar-refractivity contribution in [1.82, 2.24) is 9.88 Å². The highest BCUT2D eigenvalue weighted by atomic mass is 32.1. The second kappa shape index (κ2) is 8.51. The Morgan fingerprint density at radius 3 is 2.77 bits per heavy atom. The number of aromatic nitrogens is 1. The Morgan fingerprint density at radius 2 is 2.15 bits per heavy atom. The van der Waals surface area contributed by atoms with Crippen LogP contribution in [0.25, 0.3) is 0 Å². The van der Waals surface area contributed by atoms with Crippen LogP contribution < -0.4 is 15.2 Å². The minimum Gasteiger partial charge on any atom is -0.493 e. The second-order valence-corrected chi connectivity index (χ2v) is 7.34. The first-order chi connectivity index (χ1) is 12.6. The number of likely N-dealkylation sites (tertiary alicyclic amines) is 1. The maximum atomic E-state index is 12.8. The van der Waals surface area contributed by atoms with Gasteiger partial charge in [0.05, 0.1) is 18.3 Å². The third kappa shape index (κ3) is 4.34. The van der Waals surface area contributed by atoms with Crippen LogP contribution in [0.2, 0.25) is 0 Å². The molecule has 1 aromatic heterocycles. The number of nitrogens with two attached hydrogens (primary N) is 1. The number of amides is 1. The maximum absolute atomic E-state index is 12.8. The monoisotopic (exact) mass is 375 g/mol. The van der Waals surface area contributed by atoms with Crippen LogP contribution in [0.4, 0.5) is 0 Å². The lowest BCUT2D eigenvalue weighted by molar-refractivity contribution is 0.0680. The van der Waals surface area contributed by atoms with E-state index in [1.807, 2.05) is 17.2 Å². The van der Waals surface area contributed by atoms with Crippen LogP contribution >= 0.6 is 11.3 Å². The molecule has 3 rings (SSSR count). The molecule has 1 atom stereocenters. The van der Waals surface area contributed by atoms with Crippen LogP contribution in [-0.4, -0.2) is 42.0 Å². The quantitative estimate of drug-likeness (QED) is 0.840. The van der Waals surface area contributed by atoms with Crippen molar-refractivity contribution in [3.05, 3.63) is 40.3 Å². The summed E-state index contributed by atoms with van der Waals surface area (Å²) in [5, 5.41) is 1.94. The minimum atomic E-state index is 0.0254. The summed E-state index contributed by atoms with van der Waals surface area (Å²) in [4.78, 5) is 18.9. The van der Waals surface area contributed by atoms with Gasteiger partial charge in [-0.3, -0.25) is 4.79 Å². The topological polar surface area (TPSA) is 77.7 Å². The van der Waals surface area contributed by atoms with Gasteiger partial charge in [-0.2, -0.15) is 0 Å². The van der Waals surface area contributed by atoms with Gasteiger partial charge in [0.1, 0.15) is 6.61 Å². The number of thiazole rings is 1. The van der Waals surface area contributed by atoms with Gasteiger partial charge in [-0.1, -0.05) is 0 Å². The van der Waals surface area contributed by atoms with E-state index < -0.39 is 0 Å². The number of piperidine rings is 1. The molecule has 1 saturated heterocycles. The zero-order valence-electron chi connectivity index (χ0n) is 15.2. The molecule has 2 aromatic rings. The van der Waals surface area contributed by atoms with Gasteiger partial charge in [0.25, 0.3) is 5.91 Å². The van der Waals surface area contributed by atoms with Gasteiger partial charge in [-0.05, 0) is 43.9 Å². The van der Waals surface area contributed by atoms with E-state index in [2.05, 4.69) is 4.98 Å². The Labute approximate surface area is 157 Å². The van der Waals surface area contributed by atoms with Crippen molar-refractivity contribution in [2.24, 2.45) is 11.7 Å². The molecular formula is C19H25N3O3S. The van der Waals surface area contributed by atoms with Crippen molar-refractivity contribution in [3.63, 3.8) is 0 Å². The Bertz CT molecular complexity index is 726. The number of nitrogens with zero attached hydrogens (tertiary/aromatic N) is 2. The van der Waals surface area contributed by atoms with Crippen LogP contribution in [0, 0.1) is 5.92 Å². The molecule has 1 aliphatic rings. The zero-order chi connectivity index (χ0) is 18.5. The molecule has 1 fully saturated rings. The minimum absolute atomic E-state index is 0.0254. The highest BCUT2D eigenvalue weighted by molar-refractivity contribution is 7.07. The van der Waals surface area contributed by atoms with Gasteiger partial charge >= 0.3 is 0 Å². The number of methoxy groups -OCH3 is 1. The highest BCUT2D eigenvalue weighted by Crippen LogP contribution is 2.30. The number of benzene rings is 1. The molecule has 2 heterocycles. The molecule has 1 amide bonds. The van der Waals surface area contributed by atoms with E-state index >= 15 is 0 Å². The molecule has 140 valence electrons. The van der Waals surface area contributed by atoms with E-state index in [0.29, 0.717) is 29.6 Å². The van der Waals surface area contributed by atoms with Crippen molar-refractivity contribution in [3.8, 4) is 11.5 Å². The third-order valence-electron chi connectivity index (χ3n) is 4.84. The fourth-order valence-corrected chi connectivity index (χ4v) is 3.73. The van der Waals surface area contributed by atoms with Crippen LogP contribution in [-0.2, 0) is 6.61 Å². The highest BCUT2D eigenvalue weighted by Gasteiger charge is 2.26. The van der Waals surface area contributed by atoms with Crippen molar-refractivity contribution in [1.29, 1.82) is 0 Å². The Hall–Kier alpha value is -2.12. The lowest BCUT2D eigenvalue weighted by Gasteiger charge is -2.33. The van der Waals surface area contributed by atoms with Gasteiger partial charge in [0, 0.05) is 30.1 Å². The van der Waals surface area contributed by atoms with Crippen molar-refractivity contribution in [2.75, 3.05) is 20.2 Å². The van der Waals surface area contributed by atoms with Crippen LogP contribution in [0.3, 0.4) is 0 Å². The summed E-state index contributed by atoms with van der Waals surface area (Å²) in [6, 6.07) is 5.50. The number of rotatable bonds is 6. The number of hydrogen-bond donors (Lipinski definition) is 1. The molecule has 1 aliphatic heterocycles. The summed E-state index contributed by atoms with van der Waals surface area (Å²) in [5.74, 6) is 1.68. The molecule has 1 aromatic carbocycles. The maximum Gasteiger partial charge on any atom is 0.253 e. The van der Waals surface area contributed by atoms with E-state index in [1.165, 1.54) is 11.3 Å². The summed E-state index contributed by atoms with van der Waals surface area (Å²) in [6.07, 6.45) is 1.91. The van der Waals surface area contributed by atoms with E-state index in [9.17, 15) is 4.79 Å². The molecule has 2 N–H and O–H groups in total. The van der Waals surface area contributed by atoms with Gasteiger partial charge in [-0.15, -0.1) is 11.3 Å². The number of ether oxygens (including phenoxy) is 2.